The third-order valence-corrected chi connectivity index (χ3v) is 5.48. The molecule has 0 spiro atoms. The molecule has 7 nitrogen and oxygen atoms in total. The summed E-state index contributed by atoms with van der Waals surface area (Å²) in [5.41, 5.74) is 2.29. The van der Waals surface area contributed by atoms with Crippen molar-refractivity contribution >= 4 is 5.96 Å². The minimum atomic E-state index is 0.472. The first-order valence-corrected chi connectivity index (χ1v) is 10.7. The number of hydrogen-bond donors (Lipinski definition) is 2. The first kappa shape index (κ1) is 23.4. The molecule has 0 radical (unpaired) electrons. The SMILES string of the molecule is CCN1CCN(C(C)CNC(=NC)NCc2ccc(C)cc2OCCOC)CC1. The third-order valence-electron chi connectivity index (χ3n) is 5.48. The molecule has 1 heterocycles. The van der Waals surface area contributed by atoms with Gasteiger partial charge in [-0.2, -0.15) is 0 Å². The number of nitrogens with zero attached hydrogens (tertiary/aromatic N) is 3. The Hall–Kier alpha value is -1.83. The second-order valence-corrected chi connectivity index (χ2v) is 7.58. The fourth-order valence-electron chi connectivity index (χ4n) is 3.47. The summed E-state index contributed by atoms with van der Waals surface area (Å²) < 4.78 is 11.0. The first-order valence-electron chi connectivity index (χ1n) is 10.7. The van der Waals surface area contributed by atoms with Crippen molar-refractivity contribution in [1.82, 2.24) is 20.4 Å². The average molecular weight is 406 g/mol. The van der Waals surface area contributed by atoms with Gasteiger partial charge in [0.2, 0.25) is 0 Å². The van der Waals surface area contributed by atoms with Crippen molar-refractivity contribution in [2.75, 3.05) is 66.6 Å². The van der Waals surface area contributed by atoms with Crippen LogP contribution in [0.2, 0.25) is 0 Å². The van der Waals surface area contributed by atoms with E-state index in [-0.39, 0.29) is 0 Å². The Morgan fingerprint density at radius 3 is 2.59 bits per heavy atom. The summed E-state index contributed by atoms with van der Waals surface area (Å²) in [6.07, 6.45) is 0. The normalized spacial score (nSPS) is 17.2. The maximum absolute atomic E-state index is 5.88. The van der Waals surface area contributed by atoms with Gasteiger partial charge >= 0.3 is 0 Å². The summed E-state index contributed by atoms with van der Waals surface area (Å²) in [5.74, 6) is 1.71. The van der Waals surface area contributed by atoms with Crippen LogP contribution in [0.1, 0.15) is 25.0 Å². The van der Waals surface area contributed by atoms with Crippen molar-refractivity contribution < 1.29 is 9.47 Å². The van der Waals surface area contributed by atoms with Crippen molar-refractivity contribution in [3.05, 3.63) is 29.3 Å². The lowest BCUT2D eigenvalue weighted by molar-refractivity contribution is 0.107. The molecule has 0 aliphatic carbocycles. The molecule has 1 saturated heterocycles. The van der Waals surface area contributed by atoms with Gasteiger partial charge < -0.3 is 25.0 Å². The van der Waals surface area contributed by atoms with E-state index in [0.29, 0.717) is 25.8 Å². The van der Waals surface area contributed by atoms with Gasteiger partial charge in [-0.3, -0.25) is 9.89 Å². The predicted octanol–water partition coefficient (Wildman–Crippen LogP) is 1.71. The molecule has 0 aromatic heterocycles. The standard InChI is InChI=1S/C22H39N5O2/c1-6-26-9-11-27(12-10-26)19(3)16-24-22(23-4)25-17-20-8-7-18(2)15-21(20)29-14-13-28-5/h7-8,15,19H,6,9-14,16-17H2,1-5H3,(H2,23,24,25). The van der Waals surface area contributed by atoms with Crippen LogP contribution in [0, 0.1) is 6.92 Å². The van der Waals surface area contributed by atoms with E-state index in [1.807, 2.05) is 7.05 Å². The van der Waals surface area contributed by atoms with Crippen molar-refractivity contribution in [2.45, 2.75) is 33.4 Å². The Labute approximate surface area is 176 Å². The highest BCUT2D eigenvalue weighted by Crippen LogP contribution is 2.20. The zero-order valence-electron chi connectivity index (χ0n) is 18.8. The molecule has 0 bridgehead atoms. The van der Waals surface area contributed by atoms with Gasteiger partial charge in [0, 0.05) is 65.0 Å². The summed E-state index contributed by atoms with van der Waals surface area (Å²) in [6, 6.07) is 6.75. The molecular formula is C22H39N5O2. The fourth-order valence-corrected chi connectivity index (χ4v) is 3.47. The van der Waals surface area contributed by atoms with Crippen LogP contribution in [0.25, 0.3) is 0 Å². The Kier molecular flexibility index (Phi) is 10.2. The van der Waals surface area contributed by atoms with Gasteiger partial charge in [-0.05, 0) is 32.0 Å². The van der Waals surface area contributed by atoms with Crippen LogP contribution in [0.4, 0.5) is 0 Å². The van der Waals surface area contributed by atoms with Crippen molar-refractivity contribution in [1.29, 1.82) is 0 Å². The highest BCUT2D eigenvalue weighted by atomic mass is 16.5. The maximum atomic E-state index is 5.88. The minimum Gasteiger partial charge on any atom is -0.491 e. The van der Waals surface area contributed by atoms with Crippen LogP contribution in [0.5, 0.6) is 5.75 Å². The number of guanidine groups is 1. The zero-order valence-corrected chi connectivity index (χ0v) is 18.8. The maximum Gasteiger partial charge on any atom is 0.191 e. The van der Waals surface area contributed by atoms with E-state index >= 15 is 0 Å². The molecule has 2 rings (SSSR count). The largest absolute Gasteiger partial charge is 0.491 e. The van der Waals surface area contributed by atoms with Gasteiger partial charge in [0.05, 0.1) is 6.61 Å². The quantitative estimate of drug-likeness (QED) is 0.351. The van der Waals surface area contributed by atoms with E-state index < -0.39 is 0 Å². The van der Waals surface area contributed by atoms with E-state index in [4.69, 9.17) is 9.47 Å². The van der Waals surface area contributed by atoms with Gasteiger partial charge in [0.25, 0.3) is 0 Å². The monoisotopic (exact) mass is 405 g/mol. The van der Waals surface area contributed by atoms with Gasteiger partial charge in [0.15, 0.2) is 5.96 Å². The number of ether oxygens (including phenoxy) is 2. The Bertz CT molecular complexity index is 630. The molecule has 0 saturated carbocycles. The molecule has 7 heteroatoms. The number of aliphatic imine (C=N–C) groups is 1. The number of hydrogen-bond acceptors (Lipinski definition) is 5. The number of rotatable bonds is 10. The van der Waals surface area contributed by atoms with Crippen molar-refractivity contribution in [3.8, 4) is 5.75 Å². The lowest BCUT2D eigenvalue weighted by Gasteiger charge is -2.37. The van der Waals surface area contributed by atoms with Crippen LogP contribution < -0.4 is 15.4 Å². The number of piperazine rings is 1. The number of likely N-dealkylation sites (N-methyl/N-ethyl adjacent to an activating group) is 1. The minimum absolute atomic E-state index is 0.472. The van der Waals surface area contributed by atoms with Gasteiger partial charge in [-0.1, -0.05) is 19.1 Å². The molecule has 0 amide bonds. The Balaban J connectivity index is 1.81. The Morgan fingerprint density at radius 2 is 1.93 bits per heavy atom. The smallest absolute Gasteiger partial charge is 0.191 e. The molecular weight excluding hydrogens is 366 g/mol. The zero-order chi connectivity index (χ0) is 21.1. The molecule has 29 heavy (non-hydrogen) atoms. The molecule has 1 aliphatic rings. The van der Waals surface area contributed by atoms with Crippen LogP contribution >= 0.6 is 0 Å². The molecule has 1 aliphatic heterocycles. The van der Waals surface area contributed by atoms with E-state index in [0.717, 1.165) is 56.5 Å². The van der Waals surface area contributed by atoms with Crippen LogP contribution in [0.3, 0.4) is 0 Å². The number of benzene rings is 1. The summed E-state index contributed by atoms with van der Waals surface area (Å²) in [6.45, 7) is 15.0. The summed E-state index contributed by atoms with van der Waals surface area (Å²) in [5, 5.41) is 6.88. The summed E-state index contributed by atoms with van der Waals surface area (Å²) in [4.78, 5) is 9.43. The number of aryl methyl sites for hydroxylation is 1. The van der Waals surface area contributed by atoms with Gasteiger partial charge in [-0.25, -0.2) is 0 Å². The lowest BCUT2D eigenvalue weighted by atomic mass is 10.1. The van der Waals surface area contributed by atoms with Gasteiger partial charge in [0.1, 0.15) is 12.4 Å². The third kappa shape index (κ3) is 7.84. The average Bonchev–Trinajstić information content (AvgIpc) is 2.75. The second kappa shape index (κ2) is 12.7. The highest BCUT2D eigenvalue weighted by molar-refractivity contribution is 5.79. The fraction of sp³-hybridized carbons (Fsp3) is 0.682. The number of methoxy groups -OCH3 is 1. The van der Waals surface area contributed by atoms with Crippen LogP contribution in [0.15, 0.2) is 23.2 Å². The van der Waals surface area contributed by atoms with E-state index in [9.17, 15) is 0 Å². The topological polar surface area (TPSA) is 61.4 Å². The Morgan fingerprint density at radius 1 is 1.17 bits per heavy atom. The van der Waals surface area contributed by atoms with E-state index in [2.05, 4.69) is 64.4 Å². The first-order chi connectivity index (χ1) is 14.1. The van der Waals surface area contributed by atoms with Gasteiger partial charge in [-0.15, -0.1) is 0 Å². The van der Waals surface area contributed by atoms with Crippen LogP contribution in [-0.4, -0.2) is 88.4 Å². The van der Waals surface area contributed by atoms with E-state index in [1.54, 1.807) is 7.11 Å². The molecule has 2 N–H and O–H groups in total. The number of nitrogens with one attached hydrogen (secondary N) is 2. The molecule has 1 fully saturated rings. The molecule has 1 unspecified atom stereocenters. The second-order valence-electron chi connectivity index (χ2n) is 7.58. The highest BCUT2D eigenvalue weighted by Gasteiger charge is 2.20. The molecule has 1 aromatic rings. The molecule has 1 atom stereocenters. The van der Waals surface area contributed by atoms with Crippen molar-refractivity contribution in [2.24, 2.45) is 4.99 Å². The predicted molar refractivity (Wildman–Crippen MR) is 120 cm³/mol. The van der Waals surface area contributed by atoms with Crippen molar-refractivity contribution in [3.63, 3.8) is 0 Å². The summed E-state index contributed by atoms with van der Waals surface area (Å²) >= 11 is 0. The van der Waals surface area contributed by atoms with Crippen LogP contribution in [-0.2, 0) is 11.3 Å². The molecule has 1 aromatic carbocycles. The van der Waals surface area contributed by atoms with E-state index in [1.165, 1.54) is 5.56 Å². The lowest BCUT2D eigenvalue weighted by Crippen LogP contribution is -2.53. The molecule has 164 valence electrons. The summed E-state index contributed by atoms with van der Waals surface area (Å²) in [7, 11) is 3.49.